The molecular weight excluding hydrogens is 300 g/mol. The van der Waals surface area contributed by atoms with Gasteiger partial charge in [-0.1, -0.05) is 0 Å². The maximum Gasteiger partial charge on any atom is 0.235 e. The van der Waals surface area contributed by atoms with Gasteiger partial charge in [-0.3, -0.25) is 19.3 Å². The van der Waals surface area contributed by atoms with E-state index in [1.54, 1.807) is 16.7 Å². The van der Waals surface area contributed by atoms with Crippen molar-refractivity contribution in [1.29, 1.82) is 0 Å². The molecule has 0 radical (unpaired) electrons. The maximum atomic E-state index is 11.8. The van der Waals surface area contributed by atoms with Crippen LogP contribution in [0, 0.1) is 5.92 Å². The molecule has 0 atom stereocenters. The second-order valence-electron chi connectivity index (χ2n) is 4.23. The summed E-state index contributed by atoms with van der Waals surface area (Å²) in [5, 5.41) is 10.5. The minimum atomic E-state index is -0.225. The van der Waals surface area contributed by atoms with Gasteiger partial charge in [0.05, 0.1) is 5.92 Å². The summed E-state index contributed by atoms with van der Waals surface area (Å²) in [6.07, 6.45) is 2.43. The summed E-state index contributed by atoms with van der Waals surface area (Å²) < 4.78 is 2.55. The number of carbonyl (C=O) groups is 2. The van der Waals surface area contributed by atoms with Gasteiger partial charge in [0.2, 0.25) is 11.9 Å². The molecule has 0 spiro atoms. The molecule has 2 aromatic rings. The summed E-state index contributed by atoms with van der Waals surface area (Å²) in [6.45, 7) is 0. The van der Waals surface area contributed by atoms with Crippen LogP contribution in [0.2, 0.25) is 0 Å². The van der Waals surface area contributed by atoms with Gasteiger partial charge in [-0.05, 0) is 28.1 Å². The van der Waals surface area contributed by atoms with Gasteiger partial charge in [0, 0.05) is 23.5 Å². The summed E-state index contributed by atoms with van der Waals surface area (Å²) in [5.41, 5.74) is 0.651. The van der Waals surface area contributed by atoms with E-state index in [1.807, 2.05) is 6.07 Å². The fourth-order valence-electron chi connectivity index (χ4n) is 1.84. The second kappa shape index (κ2) is 4.16. The van der Waals surface area contributed by atoms with Gasteiger partial charge in [-0.25, -0.2) is 0 Å². The van der Waals surface area contributed by atoms with Crippen molar-refractivity contribution in [3.63, 3.8) is 0 Å². The Hall–Kier alpha value is -1.76. The van der Waals surface area contributed by atoms with Gasteiger partial charge in [0.15, 0.2) is 5.65 Å². The van der Waals surface area contributed by atoms with Gasteiger partial charge in [0.25, 0.3) is 0 Å². The van der Waals surface area contributed by atoms with Crippen molar-refractivity contribution in [3.8, 4) is 0 Å². The topological polar surface area (TPSA) is 76.4 Å². The number of nitrogens with zero attached hydrogens (tertiary/aromatic N) is 3. The van der Waals surface area contributed by atoms with Gasteiger partial charge < -0.3 is 0 Å². The highest BCUT2D eigenvalue weighted by atomic mass is 79.9. The second-order valence-corrected chi connectivity index (χ2v) is 5.15. The molecule has 1 fully saturated rings. The highest BCUT2D eigenvalue weighted by Crippen LogP contribution is 2.24. The molecule has 6 nitrogen and oxygen atoms in total. The Morgan fingerprint density at radius 1 is 1.39 bits per heavy atom. The lowest BCUT2D eigenvalue weighted by Crippen LogP contribution is -2.35. The van der Waals surface area contributed by atoms with Gasteiger partial charge >= 0.3 is 0 Å². The third-order valence-corrected chi connectivity index (χ3v) is 3.39. The monoisotopic (exact) mass is 308 g/mol. The molecule has 0 bridgehead atoms. The first-order valence-electron chi connectivity index (χ1n) is 5.46. The number of amides is 1. The molecule has 0 aromatic carbocycles. The van der Waals surface area contributed by atoms with E-state index in [0.29, 0.717) is 24.4 Å². The number of nitrogens with one attached hydrogen (secondary N) is 1. The molecule has 1 aliphatic rings. The van der Waals surface area contributed by atoms with E-state index in [-0.39, 0.29) is 17.6 Å². The van der Waals surface area contributed by atoms with Crippen LogP contribution < -0.4 is 5.32 Å². The van der Waals surface area contributed by atoms with Crippen LogP contribution in [0.5, 0.6) is 0 Å². The van der Waals surface area contributed by atoms with Crippen molar-refractivity contribution < 1.29 is 9.59 Å². The van der Waals surface area contributed by atoms with Crippen LogP contribution in [0.25, 0.3) is 5.65 Å². The lowest BCUT2D eigenvalue weighted by atomic mass is 9.83. The Morgan fingerprint density at radius 3 is 2.89 bits per heavy atom. The number of aromatic nitrogens is 3. The van der Waals surface area contributed by atoms with Crippen molar-refractivity contribution in [2.45, 2.75) is 12.8 Å². The van der Waals surface area contributed by atoms with E-state index < -0.39 is 0 Å². The van der Waals surface area contributed by atoms with E-state index >= 15 is 0 Å². The molecule has 1 aliphatic carbocycles. The number of ketones is 1. The highest BCUT2D eigenvalue weighted by molar-refractivity contribution is 9.10. The van der Waals surface area contributed by atoms with Gasteiger partial charge in [-0.2, -0.15) is 0 Å². The third kappa shape index (κ3) is 1.90. The van der Waals surface area contributed by atoms with Gasteiger partial charge in [-0.15, -0.1) is 10.2 Å². The molecule has 0 aliphatic heterocycles. The minimum absolute atomic E-state index is 0.129. The third-order valence-electron chi connectivity index (χ3n) is 2.92. The fourth-order valence-corrected chi connectivity index (χ4v) is 2.17. The van der Waals surface area contributed by atoms with Crippen molar-refractivity contribution in [3.05, 3.63) is 22.8 Å². The molecule has 92 valence electrons. The number of anilines is 1. The van der Waals surface area contributed by atoms with Crippen LogP contribution >= 0.6 is 15.9 Å². The molecule has 1 N–H and O–H groups in total. The van der Waals surface area contributed by atoms with Crippen LogP contribution in [-0.2, 0) is 9.59 Å². The molecule has 0 unspecified atom stereocenters. The summed E-state index contributed by atoms with van der Waals surface area (Å²) in [6, 6.07) is 3.64. The Balaban J connectivity index is 1.84. The zero-order valence-electron chi connectivity index (χ0n) is 9.26. The minimum Gasteiger partial charge on any atom is -0.300 e. The van der Waals surface area contributed by atoms with Crippen LogP contribution in [-0.4, -0.2) is 26.3 Å². The molecule has 3 rings (SSSR count). The number of carbonyl (C=O) groups excluding carboxylic acids is 2. The van der Waals surface area contributed by atoms with Crippen LogP contribution in [0.15, 0.2) is 22.8 Å². The summed E-state index contributed by atoms with van der Waals surface area (Å²) >= 11 is 3.35. The number of pyridine rings is 1. The fraction of sp³-hybridized carbons (Fsp3) is 0.273. The molecular formula is C11H9BrN4O2. The molecule has 18 heavy (non-hydrogen) atoms. The average Bonchev–Trinajstić information content (AvgIpc) is 2.68. The molecule has 1 saturated carbocycles. The average molecular weight is 309 g/mol. The quantitative estimate of drug-likeness (QED) is 0.910. The lowest BCUT2D eigenvalue weighted by molar-refractivity contribution is -0.135. The first kappa shape index (κ1) is 11.3. The van der Waals surface area contributed by atoms with Crippen LogP contribution in [0.4, 0.5) is 5.95 Å². The molecule has 2 aromatic heterocycles. The maximum absolute atomic E-state index is 11.8. The Morgan fingerprint density at radius 2 is 2.17 bits per heavy atom. The number of fused-ring (bicyclic) bond motifs is 1. The predicted octanol–water partition coefficient (Wildman–Crippen LogP) is 1.41. The first-order valence-corrected chi connectivity index (χ1v) is 6.25. The SMILES string of the molecule is O=C1CC(C(=O)Nc2nnc3ccc(Br)cn23)C1. The zero-order chi connectivity index (χ0) is 12.7. The van der Waals surface area contributed by atoms with Crippen LogP contribution in [0.3, 0.4) is 0 Å². The number of hydrogen-bond donors (Lipinski definition) is 1. The standard InChI is InChI=1S/C11H9BrN4O2/c12-7-1-2-9-14-15-11(16(9)5-7)13-10(18)6-3-8(17)4-6/h1-2,5-6H,3-4H2,(H,13,15,18). The van der Waals surface area contributed by atoms with E-state index in [9.17, 15) is 9.59 Å². The molecule has 2 heterocycles. The van der Waals surface area contributed by atoms with Crippen molar-refractivity contribution in [2.75, 3.05) is 5.32 Å². The van der Waals surface area contributed by atoms with E-state index in [1.165, 1.54) is 0 Å². The summed E-state index contributed by atoms with van der Waals surface area (Å²) in [7, 11) is 0. The number of rotatable bonds is 2. The highest BCUT2D eigenvalue weighted by Gasteiger charge is 2.33. The van der Waals surface area contributed by atoms with Crippen molar-refractivity contribution >= 4 is 39.2 Å². The number of Topliss-reactive ketones (excluding diaryl/α,β-unsaturated/α-hetero) is 1. The normalized spacial score (nSPS) is 15.7. The molecule has 7 heteroatoms. The predicted molar refractivity (Wildman–Crippen MR) is 67.0 cm³/mol. The Labute approximate surface area is 111 Å². The molecule has 1 amide bonds. The Kier molecular flexibility index (Phi) is 2.62. The summed E-state index contributed by atoms with van der Waals surface area (Å²) in [5.74, 6) is 0.0977. The van der Waals surface area contributed by atoms with E-state index in [2.05, 4.69) is 31.4 Å². The number of hydrogen-bond acceptors (Lipinski definition) is 4. The van der Waals surface area contributed by atoms with Crippen LogP contribution in [0.1, 0.15) is 12.8 Å². The Bertz CT molecular complexity index is 644. The summed E-state index contributed by atoms with van der Waals surface area (Å²) in [4.78, 5) is 22.7. The first-order chi connectivity index (χ1) is 8.63. The van der Waals surface area contributed by atoms with Crippen molar-refractivity contribution in [2.24, 2.45) is 5.92 Å². The number of halogens is 1. The van der Waals surface area contributed by atoms with Gasteiger partial charge in [0.1, 0.15) is 5.78 Å². The molecule has 0 saturated heterocycles. The van der Waals surface area contributed by atoms with E-state index in [0.717, 1.165) is 4.47 Å². The van der Waals surface area contributed by atoms with E-state index in [4.69, 9.17) is 0 Å². The smallest absolute Gasteiger partial charge is 0.235 e. The largest absolute Gasteiger partial charge is 0.300 e. The lowest BCUT2D eigenvalue weighted by Gasteiger charge is -2.22. The zero-order valence-corrected chi connectivity index (χ0v) is 10.8. The van der Waals surface area contributed by atoms with Crippen molar-refractivity contribution in [1.82, 2.24) is 14.6 Å².